The monoisotopic (exact) mass is 327 g/mol. The average molecular weight is 327 g/mol. The van der Waals surface area contributed by atoms with Crippen molar-refractivity contribution in [2.24, 2.45) is 5.73 Å². The Balaban J connectivity index is 1.84. The molecular weight excluding hydrogens is 306 g/mol. The Bertz CT molecular complexity index is 542. The molecule has 0 spiro atoms. The minimum Gasteiger partial charge on any atom is -0.543 e. The number of thioether (sulfide) groups is 1. The highest BCUT2D eigenvalue weighted by molar-refractivity contribution is 8.00. The fourth-order valence-corrected chi connectivity index (χ4v) is 4.77. The Morgan fingerprint density at radius 2 is 2.14 bits per heavy atom. The molecule has 8 heteroatoms. The van der Waals surface area contributed by atoms with Crippen molar-refractivity contribution in [2.45, 2.75) is 30.4 Å². The number of quaternary nitrogens is 1. The topological polar surface area (TPSA) is 107 Å². The number of carboxylic acids is 1. The zero-order valence-electron chi connectivity index (χ0n) is 12.5. The van der Waals surface area contributed by atoms with Gasteiger partial charge >= 0.3 is 0 Å². The maximum atomic E-state index is 11.9. The Hall–Kier alpha value is -1.09. The molecule has 2 unspecified atom stereocenters. The molecule has 3 rings (SSSR count). The van der Waals surface area contributed by atoms with E-state index in [1.54, 1.807) is 0 Å². The van der Waals surface area contributed by atoms with Gasteiger partial charge in [0.25, 0.3) is 0 Å². The molecule has 22 heavy (non-hydrogen) atoms. The third-order valence-corrected chi connectivity index (χ3v) is 6.22. The number of rotatable bonds is 3. The van der Waals surface area contributed by atoms with Gasteiger partial charge < -0.3 is 25.2 Å². The number of carbonyl (C=O) groups is 2. The van der Waals surface area contributed by atoms with Crippen molar-refractivity contribution in [3.63, 3.8) is 0 Å². The van der Waals surface area contributed by atoms with Crippen LogP contribution in [-0.2, 0) is 9.59 Å². The lowest BCUT2D eigenvalue weighted by Crippen LogP contribution is -2.69. The average Bonchev–Trinajstić information content (AvgIpc) is 2.49. The highest BCUT2D eigenvalue weighted by atomic mass is 32.2. The Labute approximate surface area is 133 Å². The molecule has 3 N–H and O–H groups in total. The lowest BCUT2D eigenvalue weighted by molar-refractivity contribution is -0.910. The number of piperidine rings is 1. The van der Waals surface area contributed by atoms with Crippen LogP contribution in [0.25, 0.3) is 0 Å². The predicted molar refractivity (Wildman–Crippen MR) is 79.1 cm³/mol. The second-order valence-corrected chi connectivity index (χ2v) is 7.74. The number of nitrogens with two attached hydrogens (primary N) is 1. The quantitative estimate of drug-likeness (QED) is 0.451. The van der Waals surface area contributed by atoms with Crippen molar-refractivity contribution in [3.8, 4) is 0 Å². The molecule has 0 radical (unpaired) electrons. The fourth-order valence-electron chi connectivity index (χ4n) is 3.49. The van der Waals surface area contributed by atoms with Crippen LogP contribution in [0.4, 0.5) is 0 Å². The molecule has 0 saturated carbocycles. The van der Waals surface area contributed by atoms with Crippen LogP contribution in [-0.4, -0.2) is 76.3 Å². The SMILES string of the molecule is C[N+]1(CC2=C(C(=O)[O-])N3C(=O)C(N)C3SC2)CCC(O)CC1. The molecule has 2 fully saturated rings. The third kappa shape index (κ3) is 2.54. The summed E-state index contributed by atoms with van der Waals surface area (Å²) < 4.78 is 0.683. The second-order valence-electron chi connectivity index (χ2n) is 6.63. The first kappa shape index (κ1) is 15.8. The summed E-state index contributed by atoms with van der Waals surface area (Å²) >= 11 is 1.51. The summed E-state index contributed by atoms with van der Waals surface area (Å²) in [7, 11) is 2.06. The largest absolute Gasteiger partial charge is 0.543 e. The number of carbonyl (C=O) groups excluding carboxylic acids is 2. The van der Waals surface area contributed by atoms with Crippen molar-refractivity contribution in [2.75, 3.05) is 32.4 Å². The maximum absolute atomic E-state index is 11.9. The molecule has 0 aromatic heterocycles. The molecule has 0 aromatic carbocycles. The minimum atomic E-state index is -1.30. The van der Waals surface area contributed by atoms with Crippen molar-refractivity contribution in [1.82, 2.24) is 4.90 Å². The van der Waals surface area contributed by atoms with Crippen LogP contribution in [0.15, 0.2) is 11.3 Å². The number of likely N-dealkylation sites (N-methyl/N-ethyl adjacent to an activating group) is 1. The number of fused-ring (bicyclic) bond motifs is 1. The predicted octanol–water partition coefficient (Wildman–Crippen LogP) is -2.17. The van der Waals surface area contributed by atoms with Gasteiger partial charge in [0.05, 0.1) is 37.9 Å². The van der Waals surface area contributed by atoms with Crippen molar-refractivity contribution < 1.29 is 24.3 Å². The standard InChI is InChI=1S/C14H21N3O4S/c1-17(4-2-9(18)3-5-17)6-8-7-22-13-10(15)12(19)16(13)11(8)14(20)21/h9-10,13,18H,2-7,15H2,1H3. The van der Waals surface area contributed by atoms with Gasteiger partial charge in [-0.05, 0) is 0 Å². The van der Waals surface area contributed by atoms with E-state index in [0.29, 0.717) is 29.6 Å². The van der Waals surface area contributed by atoms with Crippen molar-refractivity contribution in [1.29, 1.82) is 0 Å². The highest BCUT2D eigenvalue weighted by Crippen LogP contribution is 2.39. The molecule has 3 aliphatic heterocycles. The Morgan fingerprint density at radius 1 is 1.50 bits per heavy atom. The van der Waals surface area contributed by atoms with Gasteiger partial charge in [0.1, 0.15) is 18.0 Å². The number of hydrogen-bond donors (Lipinski definition) is 2. The number of aliphatic hydroxyl groups is 1. The van der Waals surface area contributed by atoms with E-state index in [9.17, 15) is 19.8 Å². The molecule has 0 aromatic rings. The van der Waals surface area contributed by atoms with Gasteiger partial charge in [0, 0.05) is 24.2 Å². The van der Waals surface area contributed by atoms with Crippen LogP contribution in [0.5, 0.6) is 0 Å². The van der Waals surface area contributed by atoms with Gasteiger partial charge in [-0.25, -0.2) is 0 Å². The van der Waals surface area contributed by atoms with E-state index in [0.717, 1.165) is 18.7 Å². The number of aliphatic hydroxyl groups excluding tert-OH is 1. The number of amides is 1. The van der Waals surface area contributed by atoms with E-state index in [1.165, 1.54) is 16.7 Å². The molecule has 1 amide bonds. The summed E-state index contributed by atoms with van der Waals surface area (Å²) in [6.07, 6.45) is 1.17. The van der Waals surface area contributed by atoms with Crippen molar-refractivity contribution in [3.05, 3.63) is 11.3 Å². The number of hydrogen-bond acceptors (Lipinski definition) is 6. The lowest BCUT2D eigenvalue weighted by atomic mass is 10.0. The van der Waals surface area contributed by atoms with Crippen molar-refractivity contribution >= 4 is 23.6 Å². The zero-order chi connectivity index (χ0) is 16.1. The van der Waals surface area contributed by atoms with Gasteiger partial charge in [-0.2, -0.15) is 0 Å². The third-order valence-electron chi connectivity index (χ3n) is 4.86. The van der Waals surface area contributed by atoms with E-state index in [2.05, 4.69) is 7.05 Å². The zero-order valence-corrected chi connectivity index (χ0v) is 13.3. The van der Waals surface area contributed by atoms with Gasteiger partial charge in [-0.15, -0.1) is 11.8 Å². The highest BCUT2D eigenvalue weighted by Gasteiger charge is 2.50. The van der Waals surface area contributed by atoms with Crippen LogP contribution in [0, 0.1) is 0 Å². The summed E-state index contributed by atoms with van der Waals surface area (Å²) in [5.74, 6) is -1.09. The first-order chi connectivity index (χ1) is 10.3. The second kappa shape index (κ2) is 5.52. The molecule has 0 aliphatic carbocycles. The minimum absolute atomic E-state index is 0.0147. The van der Waals surface area contributed by atoms with E-state index >= 15 is 0 Å². The normalized spacial score (nSPS) is 38.6. The smallest absolute Gasteiger partial charge is 0.248 e. The molecule has 7 nitrogen and oxygen atoms in total. The van der Waals surface area contributed by atoms with Crippen LogP contribution < -0.4 is 10.8 Å². The number of carboxylic acid groups (broad SMARTS) is 1. The molecule has 122 valence electrons. The molecule has 3 heterocycles. The molecule has 3 aliphatic rings. The fraction of sp³-hybridized carbons (Fsp3) is 0.714. The number of β-lactam (4-membered cyclic amide) rings is 1. The maximum Gasteiger partial charge on any atom is 0.248 e. The summed E-state index contributed by atoms with van der Waals surface area (Å²) in [6.45, 7) is 2.16. The Kier molecular flexibility index (Phi) is 3.96. The summed E-state index contributed by atoms with van der Waals surface area (Å²) in [6, 6.07) is -0.615. The lowest BCUT2D eigenvalue weighted by Gasteiger charge is -2.50. The van der Waals surface area contributed by atoms with Gasteiger partial charge in [-0.1, -0.05) is 0 Å². The molecule has 2 saturated heterocycles. The van der Waals surface area contributed by atoms with Gasteiger partial charge in [-0.3, -0.25) is 9.69 Å². The molecular formula is C14H21N3O4S. The number of nitrogens with zero attached hydrogens (tertiary/aromatic N) is 2. The molecule has 0 bridgehead atoms. The van der Waals surface area contributed by atoms with Crippen LogP contribution in [0.2, 0.25) is 0 Å². The summed E-state index contributed by atoms with van der Waals surface area (Å²) in [5.41, 5.74) is 6.48. The Morgan fingerprint density at radius 3 is 2.73 bits per heavy atom. The van der Waals surface area contributed by atoms with E-state index < -0.39 is 12.0 Å². The van der Waals surface area contributed by atoms with E-state index in [-0.39, 0.29) is 23.1 Å². The van der Waals surface area contributed by atoms with Gasteiger partial charge in [0.2, 0.25) is 5.91 Å². The van der Waals surface area contributed by atoms with Crippen LogP contribution in [0.1, 0.15) is 12.8 Å². The van der Waals surface area contributed by atoms with E-state index in [4.69, 9.17) is 5.73 Å². The first-order valence-electron chi connectivity index (χ1n) is 7.48. The van der Waals surface area contributed by atoms with E-state index in [1.807, 2.05) is 0 Å². The number of aliphatic carboxylic acids is 1. The van der Waals surface area contributed by atoms with Gasteiger partial charge in [0.15, 0.2) is 0 Å². The van der Waals surface area contributed by atoms with Crippen LogP contribution in [0.3, 0.4) is 0 Å². The van der Waals surface area contributed by atoms with Crippen LogP contribution >= 0.6 is 11.8 Å². The first-order valence-corrected chi connectivity index (χ1v) is 8.52. The molecule has 2 atom stereocenters. The summed E-state index contributed by atoms with van der Waals surface area (Å²) in [4.78, 5) is 24.7. The summed E-state index contributed by atoms with van der Waals surface area (Å²) in [5, 5.41) is 20.9. The number of likely N-dealkylation sites (tertiary alicyclic amines) is 1.